The minimum Gasteiger partial charge on any atom is -0.477 e. The zero-order chi connectivity index (χ0) is 26.5. The highest BCUT2D eigenvalue weighted by molar-refractivity contribution is 7.96. The van der Waals surface area contributed by atoms with E-state index in [9.17, 15) is 41.5 Å². The van der Waals surface area contributed by atoms with Crippen LogP contribution in [-0.2, 0) is 21.1 Å². The van der Waals surface area contributed by atoms with Crippen LogP contribution in [0.5, 0.6) is 0 Å². The number of nitrogens with two attached hydrogens (primary N) is 1. The molecule has 0 bridgehead atoms. The van der Waals surface area contributed by atoms with Crippen molar-refractivity contribution in [2.24, 2.45) is 5.73 Å². The average molecular weight is 517 g/mol. The van der Waals surface area contributed by atoms with Gasteiger partial charge < -0.3 is 10.8 Å². The van der Waals surface area contributed by atoms with Crippen molar-refractivity contribution in [3.8, 4) is 0 Å². The molecular formula is C23H17F2N3O7S. The summed E-state index contributed by atoms with van der Waals surface area (Å²) in [5.74, 6) is -5.43. The van der Waals surface area contributed by atoms with Gasteiger partial charge in [0.1, 0.15) is 5.25 Å². The quantitative estimate of drug-likeness (QED) is 0.457. The maximum atomic E-state index is 13.9. The van der Waals surface area contributed by atoms with Crippen molar-refractivity contribution in [2.75, 3.05) is 0 Å². The number of H-pyrrole nitrogens is 1. The fraction of sp³-hybridized carbons (Fsp3) is 0.130. The molecular weight excluding hydrogens is 500 g/mol. The molecule has 1 atom stereocenters. The molecule has 0 spiro atoms. The number of carbonyl (C=O) groups excluding carboxylic acids is 1. The Hall–Kier alpha value is -4.39. The third-order valence-corrected chi connectivity index (χ3v) is 7.92. The second-order valence-corrected chi connectivity index (χ2v) is 10.1. The lowest BCUT2D eigenvalue weighted by Gasteiger charge is -2.31. The van der Waals surface area contributed by atoms with Crippen molar-refractivity contribution in [3.63, 3.8) is 0 Å². The summed E-state index contributed by atoms with van der Waals surface area (Å²) in [6.07, 6.45) is -0.592. The van der Waals surface area contributed by atoms with Crippen LogP contribution in [0.4, 0.5) is 8.78 Å². The molecule has 0 fully saturated rings. The number of aliphatic carboxylic acids is 1. The van der Waals surface area contributed by atoms with Gasteiger partial charge in [-0.05, 0) is 37.1 Å². The summed E-state index contributed by atoms with van der Waals surface area (Å²) in [5.41, 5.74) is 1.43. The van der Waals surface area contributed by atoms with Crippen LogP contribution >= 0.6 is 0 Å². The van der Waals surface area contributed by atoms with Crippen LogP contribution in [0.3, 0.4) is 0 Å². The Bertz CT molecular complexity index is 1720. The molecule has 0 saturated heterocycles. The van der Waals surface area contributed by atoms with Crippen LogP contribution in [0.15, 0.2) is 57.0 Å². The van der Waals surface area contributed by atoms with Gasteiger partial charge in [-0.25, -0.2) is 26.8 Å². The number of primary amides is 1. The molecule has 0 aliphatic carbocycles. The maximum absolute atomic E-state index is 13.9. The molecule has 1 aromatic heterocycles. The highest BCUT2D eigenvalue weighted by Crippen LogP contribution is 2.42. The first-order chi connectivity index (χ1) is 16.9. The SMILES string of the molecule is Cc1c2n(c(=O)[nH]c1=O)C(c1ccccc1C(N)=O)=C(C(=O)O)S(=O)(=O)C2Cc1ccc(F)c(F)c1. The minimum atomic E-state index is -4.89. The van der Waals surface area contributed by atoms with Gasteiger partial charge >= 0.3 is 11.7 Å². The van der Waals surface area contributed by atoms with E-state index in [4.69, 9.17) is 5.73 Å². The second-order valence-electron chi connectivity index (χ2n) is 7.98. The van der Waals surface area contributed by atoms with Crippen LogP contribution < -0.4 is 17.0 Å². The molecule has 0 radical (unpaired) electrons. The molecule has 1 unspecified atom stereocenters. The molecule has 2 heterocycles. The first kappa shape index (κ1) is 24.7. The number of carboxylic acids is 1. The fourth-order valence-corrected chi connectivity index (χ4v) is 6.22. The standard InChI is InChI=1S/C23H17F2N3O7S/c1-10-17-16(9-11-6-7-14(24)15(25)8-11)36(34,35)19(22(31)32)18(28(17)23(33)27-21(10)30)12-4-2-3-5-13(12)20(26)29/h2-8,16H,9H2,1H3,(H2,26,29)(H,31,32)(H,27,30,33). The molecule has 4 rings (SSSR count). The number of sulfone groups is 1. The average Bonchev–Trinajstić information content (AvgIpc) is 2.80. The number of rotatable bonds is 5. The zero-order valence-electron chi connectivity index (χ0n) is 18.4. The van der Waals surface area contributed by atoms with E-state index in [2.05, 4.69) is 0 Å². The number of carboxylic acid groups (broad SMARTS) is 1. The van der Waals surface area contributed by atoms with Gasteiger partial charge in [0.15, 0.2) is 26.4 Å². The maximum Gasteiger partial charge on any atom is 0.349 e. The van der Waals surface area contributed by atoms with Crippen molar-refractivity contribution in [2.45, 2.75) is 18.6 Å². The van der Waals surface area contributed by atoms with Gasteiger partial charge in [0.25, 0.3) is 5.56 Å². The number of aromatic nitrogens is 2. The molecule has 0 saturated carbocycles. The highest BCUT2D eigenvalue weighted by Gasteiger charge is 2.46. The van der Waals surface area contributed by atoms with Gasteiger partial charge in [0, 0.05) is 16.7 Å². The smallest absolute Gasteiger partial charge is 0.349 e. The predicted molar refractivity (Wildman–Crippen MR) is 123 cm³/mol. The van der Waals surface area contributed by atoms with Gasteiger partial charge in [-0.15, -0.1) is 0 Å². The summed E-state index contributed by atoms with van der Waals surface area (Å²) >= 11 is 0. The van der Waals surface area contributed by atoms with Gasteiger partial charge in [-0.2, -0.15) is 0 Å². The van der Waals surface area contributed by atoms with Gasteiger partial charge in [0.2, 0.25) is 5.91 Å². The summed E-state index contributed by atoms with van der Waals surface area (Å²) in [5, 5.41) is 8.15. The normalized spacial score (nSPS) is 16.5. The Morgan fingerprint density at radius 2 is 1.78 bits per heavy atom. The van der Waals surface area contributed by atoms with E-state index in [0.717, 1.165) is 18.2 Å². The van der Waals surface area contributed by atoms with Crippen LogP contribution in [0, 0.1) is 18.6 Å². The highest BCUT2D eigenvalue weighted by atomic mass is 32.2. The Balaban J connectivity index is 2.17. The first-order valence-corrected chi connectivity index (χ1v) is 11.8. The number of carbonyl (C=O) groups is 2. The molecule has 36 heavy (non-hydrogen) atoms. The Morgan fingerprint density at radius 3 is 2.39 bits per heavy atom. The third kappa shape index (κ3) is 3.82. The van der Waals surface area contributed by atoms with E-state index in [1.54, 1.807) is 0 Å². The Morgan fingerprint density at radius 1 is 1.11 bits per heavy atom. The number of nitrogens with one attached hydrogen (secondary N) is 1. The number of fused-ring (bicyclic) bond motifs is 1. The van der Waals surface area contributed by atoms with Crippen molar-refractivity contribution in [3.05, 3.63) is 108 Å². The number of benzene rings is 2. The van der Waals surface area contributed by atoms with Crippen molar-refractivity contribution in [1.82, 2.24) is 9.55 Å². The number of hydrogen-bond acceptors (Lipinski definition) is 6. The summed E-state index contributed by atoms with van der Waals surface area (Å²) in [6, 6.07) is 7.79. The number of aromatic amines is 1. The van der Waals surface area contributed by atoms with Crippen molar-refractivity contribution < 1.29 is 31.9 Å². The molecule has 13 heteroatoms. The molecule has 3 aromatic rings. The lowest BCUT2D eigenvalue weighted by atomic mass is 10.00. The lowest BCUT2D eigenvalue weighted by Crippen LogP contribution is -2.42. The summed E-state index contributed by atoms with van der Waals surface area (Å²) < 4.78 is 55.5. The number of amides is 1. The van der Waals surface area contributed by atoms with Gasteiger partial charge in [0.05, 0.1) is 11.4 Å². The summed E-state index contributed by atoms with van der Waals surface area (Å²) in [4.78, 5) is 50.7. The largest absolute Gasteiger partial charge is 0.477 e. The summed E-state index contributed by atoms with van der Waals surface area (Å²) in [7, 11) is -4.89. The van der Waals surface area contributed by atoms with E-state index < -0.39 is 66.9 Å². The van der Waals surface area contributed by atoms with Crippen molar-refractivity contribution >= 4 is 27.4 Å². The van der Waals surface area contributed by atoms with E-state index in [1.165, 1.54) is 31.2 Å². The molecule has 186 valence electrons. The minimum absolute atomic E-state index is 0.0353. The lowest BCUT2D eigenvalue weighted by molar-refractivity contribution is -0.131. The van der Waals surface area contributed by atoms with Crippen LogP contribution in [-0.4, -0.2) is 35.0 Å². The molecule has 4 N–H and O–H groups in total. The zero-order valence-corrected chi connectivity index (χ0v) is 19.2. The van der Waals surface area contributed by atoms with Crippen LogP contribution in [0.25, 0.3) is 5.70 Å². The first-order valence-electron chi connectivity index (χ1n) is 10.3. The molecule has 1 aliphatic rings. The number of nitrogens with zero attached hydrogens (tertiary/aromatic N) is 1. The van der Waals surface area contributed by atoms with Gasteiger partial charge in [-0.3, -0.25) is 19.1 Å². The predicted octanol–water partition coefficient (Wildman–Crippen LogP) is 1.24. The molecule has 1 amide bonds. The monoisotopic (exact) mass is 517 g/mol. The van der Waals surface area contributed by atoms with Crippen LogP contribution in [0.1, 0.15) is 38.0 Å². The molecule has 2 aromatic carbocycles. The fourth-order valence-electron chi connectivity index (χ4n) is 4.23. The van der Waals surface area contributed by atoms with Crippen molar-refractivity contribution in [1.29, 1.82) is 0 Å². The summed E-state index contributed by atoms with van der Waals surface area (Å²) in [6.45, 7) is 1.22. The second kappa shape index (κ2) is 8.68. The number of halogens is 2. The number of hydrogen-bond donors (Lipinski definition) is 3. The topological polar surface area (TPSA) is 169 Å². The molecule has 10 nitrogen and oxygen atoms in total. The third-order valence-electron chi connectivity index (χ3n) is 5.84. The Labute approximate surface area is 201 Å². The van der Waals surface area contributed by atoms with E-state index in [1.807, 2.05) is 4.98 Å². The van der Waals surface area contributed by atoms with Crippen LogP contribution in [0.2, 0.25) is 0 Å². The van der Waals surface area contributed by atoms with Gasteiger partial charge in [-0.1, -0.05) is 24.3 Å². The van der Waals surface area contributed by atoms with E-state index >= 15 is 0 Å². The molecule has 1 aliphatic heterocycles. The van der Waals surface area contributed by atoms with E-state index in [-0.39, 0.29) is 27.9 Å². The van der Waals surface area contributed by atoms with E-state index in [0.29, 0.717) is 4.57 Å². The Kier molecular flexibility index (Phi) is 5.96.